The van der Waals surface area contributed by atoms with Crippen LogP contribution in [0.15, 0.2) is 58.5 Å². The van der Waals surface area contributed by atoms with Gasteiger partial charge in [0.1, 0.15) is 10.4 Å². The normalized spacial score (nSPS) is 11.3. The first-order valence-corrected chi connectivity index (χ1v) is 13.5. The number of thiophene rings is 1. The molecule has 0 aliphatic heterocycles. The van der Waals surface area contributed by atoms with E-state index in [1.165, 1.54) is 18.4 Å². The number of imidazole rings is 1. The number of aromatic amines is 1. The summed E-state index contributed by atoms with van der Waals surface area (Å²) < 4.78 is 11.4. The highest BCUT2D eigenvalue weighted by atomic mass is 32.2. The van der Waals surface area contributed by atoms with E-state index < -0.39 is 0 Å². The molecule has 5 rings (SSSR count). The van der Waals surface area contributed by atoms with Crippen molar-refractivity contribution in [1.29, 1.82) is 0 Å². The van der Waals surface area contributed by atoms with Gasteiger partial charge >= 0.3 is 10.8 Å². The summed E-state index contributed by atoms with van der Waals surface area (Å²) in [4.78, 5) is 33.2. The topological polar surface area (TPSA) is 89.9 Å². The SMILES string of the molecule is CCSc1nc2c(C)sc(C(=O)OC)c2n1Cc1ccc(-c2ccccc2-c2nsc(=O)[nH]2)cc1. The highest BCUT2D eigenvalue weighted by Gasteiger charge is 2.24. The molecule has 1 N–H and O–H groups in total. The molecule has 0 amide bonds. The van der Waals surface area contributed by atoms with Crippen LogP contribution in [-0.4, -0.2) is 37.7 Å². The van der Waals surface area contributed by atoms with Gasteiger partial charge in [-0.3, -0.25) is 9.78 Å². The number of ether oxygens (including phenoxy) is 1. The molecule has 0 aliphatic rings. The summed E-state index contributed by atoms with van der Waals surface area (Å²) in [5.74, 6) is 1.11. The molecule has 2 aromatic carbocycles. The number of H-pyrrole nitrogens is 1. The number of carbonyl (C=O) groups is 1. The molecule has 0 unspecified atom stereocenters. The minimum atomic E-state index is -0.339. The highest BCUT2D eigenvalue weighted by Crippen LogP contribution is 2.36. The quantitative estimate of drug-likeness (QED) is 0.214. The molecular formula is C25H22N4O3S3. The Balaban J connectivity index is 1.53. The Morgan fingerprint density at radius 1 is 1.14 bits per heavy atom. The third-order valence-electron chi connectivity index (χ3n) is 5.61. The molecule has 0 radical (unpaired) electrons. The largest absolute Gasteiger partial charge is 0.465 e. The maximum absolute atomic E-state index is 12.5. The van der Waals surface area contributed by atoms with Crippen molar-refractivity contribution in [2.75, 3.05) is 12.9 Å². The Morgan fingerprint density at radius 3 is 2.54 bits per heavy atom. The Morgan fingerprint density at radius 2 is 1.89 bits per heavy atom. The lowest BCUT2D eigenvalue weighted by atomic mass is 9.98. The fourth-order valence-electron chi connectivity index (χ4n) is 4.03. The molecule has 0 saturated carbocycles. The number of esters is 1. The number of benzene rings is 2. The second kappa shape index (κ2) is 9.80. The molecule has 7 nitrogen and oxygen atoms in total. The lowest BCUT2D eigenvalue weighted by Gasteiger charge is -2.11. The van der Waals surface area contributed by atoms with Crippen LogP contribution in [0.25, 0.3) is 33.5 Å². The van der Waals surface area contributed by atoms with Gasteiger partial charge in [-0.1, -0.05) is 67.2 Å². The van der Waals surface area contributed by atoms with Crippen LogP contribution in [0.4, 0.5) is 0 Å². The molecule has 0 bridgehead atoms. The summed E-state index contributed by atoms with van der Waals surface area (Å²) in [6.07, 6.45) is 0. The summed E-state index contributed by atoms with van der Waals surface area (Å²) in [7, 11) is 1.41. The van der Waals surface area contributed by atoms with Gasteiger partial charge in [-0.25, -0.2) is 9.78 Å². The van der Waals surface area contributed by atoms with E-state index in [9.17, 15) is 9.59 Å². The van der Waals surface area contributed by atoms with E-state index in [4.69, 9.17) is 9.72 Å². The van der Waals surface area contributed by atoms with Crippen LogP contribution >= 0.6 is 34.6 Å². The Bertz CT molecular complexity index is 1580. The van der Waals surface area contributed by atoms with E-state index in [2.05, 4.69) is 45.1 Å². The second-order valence-electron chi connectivity index (χ2n) is 7.78. The maximum atomic E-state index is 12.5. The van der Waals surface area contributed by atoms with Crippen molar-refractivity contribution in [2.45, 2.75) is 25.5 Å². The predicted molar refractivity (Wildman–Crippen MR) is 143 cm³/mol. The molecule has 178 valence electrons. The van der Waals surface area contributed by atoms with E-state index in [0.717, 1.165) is 60.6 Å². The monoisotopic (exact) mass is 522 g/mol. The number of rotatable bonds is 7. The summed E-state index contributed by atoms with van der Waals surface area (Å²) in [6, 6.07) is 16.2. The van der Waals surface area contributed by atoms with Crippen molar-refractivity contribution >= 4 is 51.6 Å². The number of thioether (sulfide) groups is 1. The van der Waals surface area contributed by atoms with Crippen LogP contribution in [0, 0.1) is 6.92 Å². The fraction of sp³-hybridized carbons (Fsp3) is 0.200. The standard InChI is InChI=1S/C25H22N4O3S3/c1-4-33-24-26-19-14(2)34-21(23(30)32-3)20(19)29(24)13-15-9-11-16(12-10-15)17-7-5-6-8-18(17)22-27-25(31)35-28-22/h5-12H,4,13H2,1-3H3,(H,27,28,31). The smallest absolute Gasteiger partial charge is 0.350 e. The molecule has 0 saturated heterocycles. The number of methoxy groups -OCH3 is 1. The molecule has 5 aromatic rings. The van der Waals surface area contributed by atoms with Crippen LogP contribution in [0.3, 0.4) is 0 Å². The number of fused-ring (bicyclic) bond motifs is 1. The predicted octanol–water partition coefficient (Wildman–Crippen LogP) is 5.83. The maximum Gasteiger partial charge on any atom is 0.350 e. The first-order valence-electron chi connectivity index (χ1n) is 11.0. The number of carbonyl (C=O) groups excluding carboxylic acids is 1. The van der Waals surface area contributed by atoms with Gasteiger partial charge in [0.05, 0.1) is 19.2 Å². The Kier molecular flexibility index (Phi) is 6.59. The van der Waals surface area contributed by atoms with Crippen molar-refractivity contribution in [1.82, 2.24) is 18.9 Å². The van der Waals surface area contributed by atoms with Crippen molar-refractivity contribution in [2.24, 2.45) is 0 Å². The Labute approximate surface area is 214 Å². The van der Waals surface area contributed by atoms with Gasteiger partial charge in [0.15, 0.2) is 11.0 Å². The molecule has 35 heavy (non-hydrogen) atoms. The van der Waals surface area contributed by atoms with Gasteiger partial charge in [0, 0.05) is 22.0 Å². The molecule has 0 fully saturated rings. The first kappa shape index (κ1) is 23.5. The van der Waals surface area contributed by atoms with Crippen LogP contribution in [0.2, 0.25) is 0 Å². The number of nitrogens with one attached hydrogen (secondary N) is 1. The van der Waals surface area contributed by atoms with E-state index in [0.29, 0.717) is 17.2 Å². The van der Waals surface area contributed by atoms with Gasteiger partial charge in [0.2, 0.25) is 0 Å². The fourth-order valence-corrected chi connectivity index (χ4v) is 6.24. The van der Waals surface area contributed by atoms with Gasteiger partial charge in [-0.2, -0.15) is 4.37 Å². The first-order chi connectivity index (χ1) is 17.0. The minimum Gasteiger partial charge on any atom is -0.465 e. The average Bonchev–Trinajstić information content (AvgIpc) is 3.55. The molecule has 0 spiro atoms. The third kappa shape index (κ3) is 4.44. The van der Waals surface area contributed by atoms with Crippen molar-refractivity contribution < 1.29 is 9.53 Å². The van der Waals surface area contributed by atoms with Gasteiger partial charge in [-0.15, -0.1) is 11.3 Å². The lowest BCUT2D eigenvalue weighted by molar-refractivity contribution is 0.0608. The van der Waals surface area contributed by atoms with Crippen LogP contribution < -0.4 is 4.87 Å². The third-order valence-corrected chi connectivity index (χ3v) is 8.07. The van der Waals surface area contributed by atoms with Crippen LogP contribution in [0.1, 0.15) is 27.0 Å². The zero-order valence-corrected chi connectivity index (χ0v) is 21.8. The number of aryl methyl sites for hydroxylation is 1. The van der Waals surface area contributed by atoms with Crippen LogP contribution in [-0.2, 0) is 11.3 Å². The Hall–Kier alpha value is -3.21. The molecule has 3 heterocycles. The highest BCUT2D eigenvalue weighted by molar-refractivity contribution is 7.99. The minimum absolute atomic E-state index is 0.174. The van der Waals surface area contributed by atoms with E-state index in [1.54, 1.807) is 11.8 Å². The van der Waals surface area contributed by atoms with Gasteiger partial charge in [-0.05, 0) is 29.4 Å². The number of hydrogen-bond donors (Lipinski definition) is 1. The number of hydrogen-bond acceptors (Lipinski definition) is 8. The summed E-state index contributed by atoms with van der Waals surface area (Å²) in [6.45, 7) is 4.66. The van der Waals surface area contributed by atoms with E-state index >= 15 is 0 Å². The van der Waals surface area contributed by atoms with E-state index in [-0.39, 0.29) is 10.8 Å². The van der Waals surface area contributed by atoms with Crippen LogP contribution in [0.5, 0.6) is 0 Å². The number of nitrogens with zero attached hydrogens (tertiary/aromatic N) is 3. The molecule has 0 aliphatic carbocycles. The zero-order valence-electron chi connectivity index (χ0n) is 19.3. The molecule has 10 heteroatoms. The van der Waals surface area contributed by atoms with Gasteiger partial charge < -0.3 is 9.30 Å². The summed E-state index contributed by atoms with van der Waals surface area (Å²) >= 11 is 4.00. The average molecular weight is 523 g/mol. The second-order valence-corrected chi connectivity index (χ2v) is 11.0. The van der Waals surface area contributed by atoms with Gasteiger partial charge in [0.25, 0.3) is 0 Å². The summed E-state index contributed by atoms with van der Waals surface area (Å²) in [5.41, 5.74) is 5.68. The molecular weight excluding hydrogens is 501 g/mol. The summed E-state index contributed by atoms with van der Waals surface area (Å²) in [5, 5.41) is 0.889. The number of aromatic nitrogens is 4. The molecule has 0 atom stereocenters. The van der Waals surface area contributed by atoms with Crippen molar-refractivity contribution in [3.63, 3.8) is 0 Å². The van der Waals surface area contributed by atoms with Crippen molar-refractivity contribution in [3.8, 4) is 22.5 Å². The lowest BCUT2D eigenvalue weighted by Crippen LogP contribution is -2.06. The van der Waals surface area contributed by atoms with Crippen molar-refractivity contribution in [3.05, 3.63) is 73.5 Å². The molecule has 3 aromatic heterocycles. The van der Waals surface area contributed by atoms with E-state index in [1.807, 2.05) is 31.2 Å². The zero-order chi connectivity index (χ0) is 24.5.